The molecular formula is C61H69N3O19S3. The van der Waals surface area contributed by atoms with Crippen molar-refractivity contribution in [2.24, 2.45) is 0 Å². The van der Waals surface area contributed by atoms with E-state index in [0.717, 1.165) is 12.0 Å². The summed E-state index contributed by atoms with van der Waals surface area (Å²) in [6.07, 6.45) is 1.39. The number of carboxylic acids is 3. The lowest BCUT2D eigenvalue weighted by Crippen LogP contribution is -2.18. The molecule has 460 valence electrons. The van der Waals surface area contributed by atoms with Crippen LogP contribution in [0.4, 0.5) is 17.1 Å². The normalized spacial score (nSPS) is 11.0. The number of methoxy groups -OCH3 is 1. The highest BCUT2D eigenvalue weighted by Crippen LogP contribution is 2.34. The van der Waals surface area contributed by atoms with Crippen molar-refractivity contribution >= 4 is 65.0 Å². The van der Waals surface area contributed by atoms with E-state index in [1.165, 1.54) is 36.4 Å². The van der Waals surface area contributed by atoms with Gasteiger partial charge < -0.3 is 48.5 Å². The fraction of sp³-hybridized carbons (Fsp3) is 0.262. The molecule has 0 aliphatic carbocycles. The third-order valence-electron chi connectivity index (χ3n) is 12.2. The van der Waals surface area contributed by atoms with Crippen molar-refractivity contribution in [1.29, 1.82) is 0 Å². The highest BCUT2D eigenvalue weighted by atomic mass is 32.2. The maximum atomic E-state index is 13.3. The van der Waals surface area contributed by atoms with Gasteiger partial charge in [-0.05, 0) is 166 Å². The van der Waals surface area contributed by atoms with Crippen LogP contribution in [0.1, 0.15) is 74.5 Å². The van der Waals surface area contributed by atoms with Gasteiger partial charge in [-0.25, -0.2) is 39.6 Å². The Morgan fingerprint density at radius 3 is 1.10 bits per heavy atom. The second kappa shape index (κ2) is 32.7. The molecule has 0 saturated carbocycles. The number of hydrogen-bond acceptors (Lipinski definition) is 16. The monoisotopic (exact) mass is 1240 g/mol. The Labute approximate surface area is 500 Å². The number of sulfonamides is 3. The summed E-state index contributed by atoms with van der Waals surface area (Å²) in [5.41, 5.74) is 3.55. The molecule has 7 aromatic rings. The molecule has 0 unspecified atom stereocenters. The summed E-state index contributed by atoms with van der Waals surface area (Å²) >= 11 is 0. The smallest absolute Gasteiger partial charge is 0.335 e. The van der Waals surface area contributed by atoms with E-state index in [9.17, 15) is 39.6 Å². The summed E-state index contributed by atoms with van der Waals surface area (Å²) in [5.74, 6) is 0.394. The van der Waals surface area contributed by atoms with Gasteiger partial charge in [0.15, 0.2) is 0 Å². The van der Waals surface area contributed by atoms with Crippen LogP contribution in [0.25, 0.3) is 0 Å². The van der Waals surface area contributed by atoms with E-state index in [1.807, 2.05) is 13.8 Å². The Kier molecular flexibility index (Phi) is 25.7. The van der Waals surface area contributed by atoms with Crippen LogP contribution in [0.15, 0.2) is 157 Å². The first kappa shape index (κ1) is 67.6. The lowest BCUT2D eigenvalue weighted by atomic mass is 10.1. The van der Waals surface area contributed by atoms with Crippen molar-refractivity contribution in [1.82, 2.24) is 0 Å². The van der Waals surface area contributed by atoms with Gasteiger partial charge in [0, 0.05) is 0 Å². The number of aromatic carboxylic acids is 3. The van der Waals surface area contributed by atoms with Gasteiger partial charge >= 0.3 is 17.9 Å². The van der Waals surface area contributed by atoms with Crippen LogP contribution >= 0.6 is 0 Å². The number of unbranched alkanes of at least 4 members (excludes halogenated alkanes) is 1. The van der Waals surface area contributed by atoms with Gasteiger partial charge in [0.2, 0.25) is 20.0 Å². The van der Waals surface area contributed by atoms with Crippen LogP contribution < -0.4 is 47.3 Å². The van der Waals surface area contributed by atoms with E-state index < -0.39 is 48.0 Å². The third kappa shape index (κ3) is 21.5. The lowest BCUT2D eigenvalue weighted by molar-refractivity contribution is 0.0686. The molecule has 86 heavy (non-hydrogen) atoms. The molecule has 0 heterocycles. The maximum absolute atomic E-state index is 13.3. The maximum Gasteiger partial charge on any atom is 0.335 e. The Morgan fingerprint density at radius 2 is 0.767 bits per heavy atom. The van der Waals surface area contributed by atoms with Gasteiger partial charge in [0.1, 0.15) is 79.9 Å². The van der Waals surface area contributed by atoms with Crippen LogP contribution in [0.5, 0.6) is 40.2 Å². The Balaban J connectivity index is 0.000000239. The quantitative estimate of drug-likeness (QED) is 0.0228. The van der Waals surface area contributed by atoms with E-state index in [4.69, 9.17) is 48.5 Å². The van der Waals surface area contributed by atoms with Crippen LogP contribution in [0.2, 0.25) is 0 Å². The molecule has 0 aliphatic heterocycles. The van der Waals surface area contributed by atoms with Crippen molar-refractivity contribution in [3.63, 3.8) is 0 Å². The molecule has 0 amide bonds. The molecule has 7 aromatic carbocycles. The molecule has 0 fully saturated rings. The summed E-state index contributed by atoms with van der Waals surface area (Å²) in [6, 6.07) is 40.1. The molecule has 7 rings (SSSR count). The Morgan fingerprint density at radius 1 is 0.430 bits per heavy atom. The molecule has 0 bridgehead atoms. The summed E-state index contributed by atoms with van der Waals surface area (Å²) in [7, 11) is -9.14. The first-order chi connectivity index (χ1) is 41.0. The zero-order valence-corrected chi connectivity index (χ0v) is 50.6. The zero-order chi connectivity index (χ0) is 62.9. The number of aryl methyl sites for hydroxylation is 1. The summed E-state index contributed by atoms with van der Waals surface area (Å²) in [5, 5.41) is 26.6. The Bertz CT molecular complexity index is 3720. The topological polar surface area (TPSA) is 315 Å². The van der Waals surface area contributed by atoms with Crippen molar-refractivity contribution in [3.05, 3.63) is 185 Å². The van der Waals surface area contributed by atoms with Crippen molar-refractivity contribution in [2.75, 3.05) is 72.4 Å². The first-order valence-corrected chi connectivity index (χ1v) is 31.5. The van der Waals surface area contributed by atoms with Gasteiger partial charge in [-0.3, -0.25) is 14.2 Å². The zero-order valence-electron chi connectivity index (χ0n) is 48.1. The van der Waals surface area contributed by atoms with Crippen LogP contribution in [-0.4, -0.2) is 117 Å². The number of para-hydroxylation sites is 6. The molecule has 22 nitrogen and oxygen atoms in total. The minimum Gasteiger partial charge on any atom is -0.496 e. The second-order valence-electron chi connectivity index (χ2n) is 18.4. The number of benzene rings is 7. The van der Waals surface area contributed by atoms with E-state index in [1.54, 1.807) is 143 Å². The number of anilines is 3. The fourth-order valence-corrected chi connectivity index (χ4v) is 11.2. The molecule has 0 atom stereocenters. The molecule has 6 N–H and O–H groups in total. The molecule has 0 aromatic heterocycles. The highest BCUT2D eigenvalue weighted by molar-refractivity contribution is 7.93. The molecule has 0 saturated heterocycles. The van der Waals surface area contributed by atoms with E-state index in [-0.39, 0.29) is 72.7 Å². The largest absolute Gasteiger partial charge is 0.496 e. The average molecular weight is 1240 g/mol. The number of carbonyl (C=O) groups is 3. The van der Waals surface area contributed by atoms with E-state index >= 15 is 0 Å². The second-order valence-corrected chi connectivity index (χ2v) is 23.9. The molecule has 0 spiro atoms. The summed E-state index contributed by atoms with van der Waals surface area (Å²) in [4.78, 5) is 32.7. The first-order valence-electron chi connectivity index (χ1n) is 26.7. The SMILES string of the molecule is CCCCS(=O)(=O)Nc1ccccc1OCCOc1ccc(C(=O)O)cc1.CCS(=O)(=O)Nc1ccccc1OCCOc1ccc(C(=O)O)cc1.COc1cc(C)c(S(=O)(=O)Nc2ccccc2OCCOc2ccc(C(=O)O)cc2)c(C)c1C. The summed E-state index contributed by atoms with van der Waals surface area (Å²) < 4.78 is 120. The van der Waals surface area contributed by atoms with E-state index in [2.05, 4.69) is 14.2 Å². The molecule has 0 aliphatic rings. The number of rotatable bonds is 30. The standard InChI is InChI=1S/C25H27NO7S.C19H23NO6S.C17H19NO6S/c1-16-15-23(31-4)17(2)18(3)24(16)34(29,30)26-21-7-5-6-8-22(21)33-14-13-32-20-11-9-19(10-12-20)25(27)28;1-2-3-14-27(23,24)20-17-6-4-5-7-18(17)26-13-12-25-16-10-8-15(9-11-16)19(21)22;1-2-25(21,22)18-15-5-3-4-6-16(15)24-12-11-23-14-9-7-13(8-10-14)17(19)20/h5-12,15,26H,13-14H2,1-4H3,(H,27,28);4-11,20H,2-3,12-14H2,1H3,(H,21,22);3-10,18H,2,11-12H2,1H3,(H,19,20). The van der Waals surface area contributed by atoms with Gasteiger partial charge in [0.25, 0.3) is 10.0 Å². The molecule has 25 heteroatoms. The number of hydrogen-bond donors (Lipinski definition) is 6. The lowest BCUT2D eigenvalue weighted by Gasteiger charge is -2.18. The predicted molar refractivity (Wildman–Crippen MR) is 326 cm³/mol. The van der Waals surface area contributed by atoms with Gasteiger partial charge in [0.05, 0.1) is 57.3 Å². The number of carboxylic acid groups (broad SMARTS) is 3. The van der Waals surface area contributed by atoms with E-state index in [0.29, 0.717) is 74.9 Å². The van der Waals surface area contributed by atoms with Crippen molar-refractivity contribution < 1.29 is 88.1 Å². The predicted octanol–water partition coefficient (Wildman–Crippen LogP) is 10.6. The van der Waals surface area contributed by atoms with Crippen LogP contribution in [-0.2, 0) is 30.1 Å². The van der Waals surface area contributed by atoms with Gasteiger partial charge in [-0.1, -0.05) is 49.7 Å². The molecular weight excluding hydrogens is 1170 g/mol. The van der Waals surface area contributed by atoms with Gasteiger partial charge in [-0.15, -0.1) is 0 Å². The highest BCUT2D eigenvalue weighted by Gasteiger charge is 2.24. The van der Waals surface area contributed by atoms with Gasteiger partial charge in [-0.2, -0.15) is 0 Å². The number of ether oxygens (including phenoxy) is 7. The summed E-state index contributed by atoms with van der Waals surface area (Å²) in [6.45, 7) is 9.97. The Hall–Kier alpha value is -9.20. The van der Waals surface area contributed by atoms with Crippen molar-refractivity contribution in [3.8, 4) is 40.2 Å². The minimum atomic E-state index is -3.89. The van der Waals surface area contributed by atoms with Crippen LogP contribution in [0, 0.1) is 20.8 Å². The number of nitrogens with one attached hydrogen (secondary N) is 3. The van der Waals surface area contributed by atoms with Crippen LogP contribution in [0.3, 0.4) is 0 Å². The fourth-order valence-electron chi connectivity index (χ4n) is 7.68. The molecule has 0 radical (unpaired) electrons. The average Bonchev–Trinajstić information content (AvgIpc) is 1.05. The minimum absolute atomic E-state index is 0.0310. The van der Waals surface area contributed by atoms with Crippen molar-refractivity contribution in [2.45, 2.75) is 52.4 Å². The third-order valence-corrected chi connectivity index (χ3v) is 16.5.